The second kappa shape index (κ2) is 12.8. The molecule has 226 valence electrons. The third-order valence-corrected chi connectivity index (χ3v) is 10.5. The average molecular weight is 623 g/mol. The normalized spacial score (nSPS) is 21.2. The fourth-order valence-corrected chi connectivity index (χ4v) is 8.11. The van der Waals surface area contributed by atoms with Gasteiger partial charge in [0.2, 0.25) is 0 Å². The number of nitrogens with zero attached hydrogens (tertiary/aromatic N) is 3. The third kappa shape index (κ3) is 6.79. The number of amides is 1. The van der Waals surface area contributed by atoms with Crippen LogP contribution in [-0.4, -0.2) is 55.3 Å². The standard InChI is InChI=1S/C33H36ClFN4O3S/c34-28-11-8-27(30(35)21-28)22-38-15-4-16-39(18-17-38)33(40)23-9-12-29(13-10-23)37-43(41,42)31-20-25-6-2-1-5-24(25)19-26-7-3-14-36-32(26)31/h3,7-14,20-21,24-25,37H,1-2,4-6,15-19,22H2/t24?,25-/m1/s1. The number of anilines is 1. The minimum Gasteiger partial charge on any atom is -0.337 e. The number of halogens is 2. The number of fused-ring (bicyclic) bond motifs is 2. The van der Waals surface area contributed by atoms with Gasteiger partial charge in [-0.15, -0.1) is 0 Å². The van der Waals surface area contributed by atoms with E-state index in [0.29, 0.717) is 59.6 Å². The molecule has 2 heterocycles. The molecule has 7 nitrogen and oxygen atoms in total. The van der Waals surface area contributed by atoms with Crippen molar-refractivity contribution in [1.29, 1.82) is 0 Å². The molecular weight excluding hydrogens is 587 g/mol. The van der Waals surface area contributed by atoms with E-state index in [1.807, 2.05) is 18.2 Å². The van der Waals surface area contributed by atoms with Gasteiger partial charge in [-0.2, -0.15) is 0 Å². The van der Waals surface area contributed by atoms with Crippen molar-refractivity contribution < 1.29 is 17.6 Å². The van der Waals surface area contributed by atoms with E-state index in [2.05, 4.69) is 14.6 Å². The summed E-state index contributed by atoms with van der Waals surface area (Å²) in [6.45, 7) is 2.94. The maximum absolute atomic E-state index is 14.3. The molecule has 0 radical (unpaired) electrons. The number of benzene rings is 2. The van der Waals surface area contributed by atoms with Crippen LogP contribution in [0.2, 0.25) is 5.02 Å². The molecule has 1 aromatic heterocycles. The molecule has 1 aliphatic heterocycles. The zero-order valence-electron chi connectivity index (χ0n) is 24.0. The minimum atomic E-state index is -3.91. The maximum Gasteiger partial charge on any atom is 0.263 e. The number of aromatic nitrogens is 1. The van der Waals surface area contributed by atoms with Gasteiger partial charge in [0.05, 0.1) is 5.69 Å². The summed E-state index contributed by atoms with van der Waals surface area (Å²) in [5.41, 5.74) is 2.98. The maximum atomic E-state index is 14.3. The van der Waals surface area contributed by atoms with Crippen molar-refractivity contribution in [2.45, 2.75) is 45.1 Å². The van der Waals surface area contributed by atoms with Crippen LogP contribution in [-0.2, 0) is 23.0 Å². The smallest absolute Gasteiger partial charge is 0.263 e. The predicted octanol–water partition coefficient (Wildman–Crippen LogP) is 6.37. The first-order chi connectivity index (χ1) is 20.8. The topological polar surface area (TPSA) is 82.6 Å². The minimum absolute atomic E-state index is 0.109. The first-order valence-corrected chi connectivity index (χ1v) is 16.9. The zero-order chi connectivity index (χ0) is 30.0. The van der Waals surface area contributed by atoms with E-state index in [-0.39, 0.29) is 22.5 Å². The van der Waals surface area contributed by atoms with Crippen LogP contribution >= 0.6 is 11.6 Å². The van der Waals surface area contributed by atoms with E-state index < -0.39 is 10.0 Å². The van der Waals surface area contributed by atoms with Crippen LogP contribution in [0, 0.1) is 17.7 Å². The molecule has 1 saturated carbocycles. The van der Waals surface area contributed by atoms with Crippen LogP contribution in [0.25, 0.3) is 4.91 Å². The summed E-state index contributed by atoms with van der Waals surface area (Å²) in [4.78, 5) is 22.0. The van der Waals surface area contributed by atoms with Gasteiger partial charge < -0.3 is 4.90 Å². The fourth-order valence-electron chi connectivity index (χ4n) is 6.60. The Bertz CT molecular complexity index is 1630. The van der Waals surface area contributed by atoms with Gasteiger partial charge in [0.1, 0.15) is 10.7 Å². The van der Waals surface area contributed by atoms with Crippen LogP contribution < -0.4 is 4.72 Å². The number of allylic oxidation sites excluding steroid dienone is 1. The summed E-state index contributed by atoms with van der Waals surface area (Å²) in [7, 11) is -3.91. The number of sulfonamides is 1. The first-order valence-electron chi connectivity index (χ1n) is 15.0. The molecule has 1 N–H and O–H groups in total. The lowest BCUT2D eigenvalue weighted by atomic mass is 9.77. The molecule has 10 heteroatoms. The van der Waals surface area contributed by atoms with Crippen molar-refractivity contribution in [2.75, 3.05) is 30.9 Å². The van der Waals surface area contributed by atoms with Gasteiger partial charge in [0, 0.05) is 60.8 Å². The lowest BCUT2D eigenvalue weighted by Gasteiger charge is -2.28. The SMILES string of the molecule is O=C(c1ccc(NS(=O)(=O)C2=C[C@H]3CCCCC3Cc3cccnc32)cc1)N1CCCN(Cc2ccc(Cl)cc2F)CC1. The predicted molar refractivity (Wildman–Crippen MR) is 168 cm³/mol. The van der Waals surface area contributed by atoms with Gasteiger partial charge >= 0.3 is 0 Å². The van der Waals surface area contributed by atoms with Crippen molar-refractivity contribution >= 4 is 38.1 Å². The monoisotopic (exact) mass is 622 g/mol. The molecule has 2 aliphatic carbocycles. The second-order valence-corrected chi connectivity index (χ2v) is 13.9. The molecule has 2 fully saturated rings. The molecule has 0 spiro atoms. The van der Waals surface area contributed by atoms with E-state index >= 15 is 0 Å². The largest absolute Gasteiger partial charge is 0.337 e. The molecular formula is C33H36ClFN4O3S. The highest BCUT2D eigenvalue weighted by Crippen LogP contribution is 2.40. The van der Waals surface area contributed by atoms with Gasteiger partial charge in [-0.3, -0.25) is 19.4 Å². The molecule has 1 amide bonds. The van der Waals surface area contributed by atoms with E-state index in [0.717, 1.165) is 44.2 Å². The number of nitrogens with one attached hydrogen (secondary N) is 1. The summed E-state index contributed by atoms with van der Waals surface area (Å²) >= 11 is 5.89. The highest BCUT2D eigenvalue weighted by Gasteiger charge is 2.33. The van der Waals surface area contributed by atoms with E-state index in [1.165, 1.54) is 12.5 Å². The van der Waals surface area contributed by atoms with Gasteiger partial charge in [0.25, 0.3) is 15.9 Å². The lowest BCUT2D eigenvalue weighted by molar-refractivity contribution is 0.0761. The van der Waals surface area contributed by atoms with Crippen molar-refractivity contribution in [3.63, 3.8) is 0 Å². The Balaban J connectivity index is 1.12. The van der Waals surface area contributed by atoms with Gasteiger partial charge in [-0.1, -0.05) is 42.7 Å². The van der Waals surface area contributed by atoms with E-state index in [4.69, 9.17) is 11.6 Å². The summed E-state index contributed by atoms with van der Waals surface area (Å²) in [6, 6.07) is 15.2. The molecule has 2 atom stereocenters. The molecule has 2 aromatic carbocycles. The van der Waals surface area contributed by atoms with Crippen LogP contribution in [0.5, 0.6) is 0 Å². The molecule has 6 rings (SSSR count). The van der Waals surface area contributed by atoms with Crippen LogP contribution in [0.15, 0.2) is 66.9 Å². The number of pyridine rings is 1. The van der Waals surface area contributed by atoms with Crippen LogP contribution in [0.1, 0.15) is 59.3 Å². The highest BCUT2D eigenvalue weighted by atomic mass is 35.5. The Morgan fingerprint density at radius 2 is 1.81 bits per heavy atom. The molecule has 1 saturated heterocycles. The Labute approximate surface area is 257 Å². The molecule has 1 unspecified atom stereocenters. The number of carbonyl (C=O) groups excluding carboxylic acids is 1. The number of carbonyl (C=O) groups is 1. The number of rotatable bonds is 6. The highest BCUT2D eigenvalue weighted by molar-refractivity contribution is 8.01. The van der Waals surface area contributed by atoms with Crippen molar-refractivity contribution in [3.8, 4) is 0 Å². The Morgan fingerprint density at radius 3 is 2.63 bits per heavy atom. The quantitative estimate of drug-likeness (QED) is 0.346. The Hall–Kier alpha value is -3.27. The van der Waals surface area contributed by atoms with Gasteiger partial charge in [0.15, 0.2) is 0 Å². The summed E-state index contributed by atoms with van der Waals surface area (Å²) in [5, 5.41) is 0.370. The molecule has 3 aromatic rings. The second-order valence-electron chi connectivity index (χ2n) is 11.8. The molecule has 0 bridgehead atoms. The summed E-state index contributed by atoms with van der Waals surface area (Å²) in [5.74, 6) is 0.208. The van der Waals surface area contributed by atoms with Crippen molar-refractivity contribution in [2.24, 2.45) is 11.8 Å². The molecule has 43 heavy (non-hydrogen) atoms. The van der Waals surface area contributed by atoms with Crippen molar-refractivity contribution in [1.82, 2.24) is 14.8 Å². The van der Waals surface area contributed by atoms with Gasteiger partial charge in [-0.25, -0.2) is 12.8 Å². The lowest BCUT2D eigenvalue weighted by Crippen LogP contribution is -2.35. The van der Waals surface area contributed by atoms with Crippen LogP contribution in [0.3, 0.4) is 0 Å². The zero-order valence-corrected chi connectivity index (χ0v) is 25.6. The average Bonchev–Trinajstić information content (AvgIpc) is 3.33. The fraction of sp³-hybridized carbons (Fsp3) is 0.394. The van der Waals surface area contributed by atoms with E-state index in [9.17, 15) is 17.6 Å². The van der Waals surface area contributed by atoms with Gasteiger partial charge in [-0.05, 0) is 85.5 Å². The summed E-state index contributed by atoms with van der Waals surface area (Å²) in [6.07, 6.45) is 9.55. The van der Waals surface area contributed by atoms with E-state index in [1.54, 1.807) is 47.5 Å². The summed E-state index contributed by atoms with van der Waals surface area (Å²) < 4.78 is 44.5. The molecule has 3 aliphatic rings. The Morgan fingerprint density at radius 1 is 1.00 bits per heavy atom. The van der Waals surface area contributed by atoms with Crippen molar-refractivity contribution in [3.05, 3.63) is 100 Å². The number of hydrogen-bond acceptors (Lipinski definition) is 5. The van der Waals surface area contributed by atoms with Crippen LogP contribution in [0.4, 0.5) is 10.1 Å². The first kappa shape index (κ1) is 29.8. The third-order valence-electron chi connectivity index (χ3n) is 8.90. The number of hydrogen-bond donors (Lipinski definition) is 1. The Kier molecular flexibility index (Phi) is 8.84.